The number of nitrogens with zero attached hydrogens (tertiary/aromatic N) is 1. The summed E-state index contributed by atoms with van der Waals surface area (Å²) in [6.07, 6.45) is 13.8. The molecule has 1 saturated carbocycles. The first-order valence-electron chi connectivity index (χ1n) is 8.31. The lowest BCUT2D eigenvalue weighted by Crippen LogP contribution is -2.21. The van der Waals surface area contributed by atoms with Crippen LogP contribution in [-0.2, 0) is 11.2 Å². The molecule has 1 unspecified atom stereocenters. The lowest BCUT2D eigenvalue weighted by molar-refractivity contribution is -0.121. The molecule has 1 atom stereocenters. The Morgan fingerprint density at radius 1 is 1.15 bits per heavy atom. The van der Waals surface area contributed by atoms with E-state index < -0.39 is 0 Å². The van der Waals surface area contributed by atoms with Gasteiger partial charge in [-0.2, -0.15) is 0 Å². The smallest absolute Gasteiger partial charge is 0.141 e. The Morgan fingerprint density at radius 3 is 2.85 bits per heavy atom. The molecular weight excluding hydrogens is 246 g/mol. The standard InChI is InChI=1S/C18H25NO/c20-17(12-11-14-6-2-1-3-7-14)16-10-4-8-15-9-5-13-19-18(15)16/h5,9,13-14,16H,1-4,6-8,10-12H2. The summed E-state index contributed by atoms with van der Waals surface area (Å²) in [5.74, 6) is 1.33. The van der Waals surface area contributed by atoms with Crippen molar-refractivity contribution in [2.24, 2.45) is 5.92 Å². The van der Waals surface area contributed by atoms with Crippen LogP contribution in [0.3, 0.4) is 0 Å². The molecule has 0 bridgehead atoms. The summed E-state index contributed by atoms with van der Waals surface area (Å²) in [5, 5.41) is 0. The van der Waals surface area contributed by atoms with Gasteiger partial charge >= 0.3 is 0 Å². The minimum absolute atomic E-state index is 0.0866. The van der Waals surface area contributed by atoms with Crippen molar-refractivity contribution in [1.29, 1.82) is 0 Å². The molecule has 3 rings (SSSR count). The third-order valence-electron chi connectivity index (χ3n) is 5.11. The third kappa shape index (κ3) is 3.11. The zero-order valence-electron chi connectivity index (χ0n) is 12.3. The summed E-state index contributed by atoms with van der Waals surface area (Å²) in [4.78, 5) is 17.1. The van der Waals surface area contributed by atoms with Crippen LogP contribution in [0.25, 0.3) is 0 Å². The molecule has 1 fully saturated rings. The predicted molar refractivity (Wildman–Crippen MR) is 80.7 cm³/mol. The van der Waals surface area contributed by atoms with Crippen molar-refractivity contribution in [3.8, 4) is 0 Å². The van der Waals surface area contributed by atoms with Crippen molar-refractivity contribution < 1.29 is 4.79 Å². The van der Waals surface area contributed by atoms with Gasteiger partial charge in [0.05, 0.1) is 11.6 Å². The Morgan fingerprint density at radius 2 is 2.00 bits per heavy atom. The second-order valence-electron chi connectivity index (χ2n) is 6.50. The van der Waals surface area contributed by atoms with Gasteiger partial charge in [-0.3, -0.25) is 9.78 Å². The lowest BCUT2D eigenvalue weighted by atomic mass is 9.80. The minimum atomic E-state index is 0.0866. The van der Waals surface area contributed by atoms with Crippen LogP contribution in [0.1, 0.15) is 75.0 Å². The van der Waals surface area contributed by atoms with E-state index in [2.05, 4.69) is 11.1 Å². The molecule has 1 aromatic heterocycles. The van der Waals surface area contributed by atoms with Crippen LogP contribution >= 0.6 is 0 Å². The van der Waals surface area contributed by atoms with Crippen molar-refractivity contribution in [2.75, 3.05) is 0 Å². The minimum Gasteiger partial charge on any atom is -0.299 e. The summed E-state index contributed by atoms with van der Waals surface area (Å²) in [7, 11) is 0. The summed E-state index contributed by atoms with van der Waals surface area (Å²) >= 11 is 0. The molecule has 1 heterocycles. The second kappa shape index (κ2) is 6.51. The highest BCUT2D eigenvalue weighted by Crippen LogP contribution is 2.33. The van der Waals surface area contributed by atoms with Gasteiger partial charge in [-0.05, 0) is 43.2 Å². The Balaban J connectivity index is 1.60. The number of aromatic nitrogens is 1. The Bertz CT molecular complexity index is 462. The molecule has 2 aliphatic rings. The Labute approximate surface area is 122 Å². The highest BCUT2D eigenvalue weighted by atomic mass is 16.1. The maximum Gasteiger partial charge on any atom is 0.141 e. The second-order valence-corrected chi connectivity index (χ2v) is 6.50. The number of rotatable bonds is 4. The molecule has 0 radical (unpaired) electrons. The molecule has 0 aromatic carbocycles. The predicted octanol–water partition coefficient (Wildman–Crippen LogP) is 4.43. The van der Waals surface area contributed by atoms with Crippen molar-refractivity contribution >= 4 is 5.78 Å². The number of hydrogen-bond donors (Lipinski definition) is 0. The molecule has 2 aliphatic carbocycles. The first-order chi connectivity index (χ1) is 9.84. The number of hydrogen-bond acceptors (Lipinski definition) is 2. The molecule has 0 aliphatic heterocycles. The molecule has 0 N–H and O–H groups in total. The van der Waals surface area contributed by atoms with Crippen LogP contribution in [-0.4, -0.2) is 10.8 Å². The first kappa shape index (κ1) is 13.8. The quantitative estimate of drug-likeness (QED) is 0.810. The maximum absolute atomic E-state index is 12.6. The van der Waals surface area contributed by atoms with Crippen molar-refractivity contribution in [2.45, 2.75) is 70.1 Å². The highest BCUT2D eigenvalue weighted by molar-refractivity contribution is 5.85. The van der Waals surface area contributed by atoms with Crippen LogP contribution in [0.4, 0.5) is 0 Å². The van der Waals surface area contributed by atoms with Crippen LogP contribution < -0.4 is 0 Å². The summed E-state index contributed by atoms with van der Waals surface area (Å²) in [5.41, 5.74) is 2.38. The van der Waals surface area contributed by atoms with E-state index >= 15 is 0 Å². The third-order valence-corrected chi connectivity index (χ3v) is 5.11. The SMILES string of the molecule is O=C(CCC1CCCCC1)C1CCCc2cccnc21. The van der Waals surface area contributed by atoms with Gasteiger partial charge in [0.1, 0.15) is 5.78 Å². The monoisotopic (exact) mass is 271 g/mol. The van der Waals surface area contributed by atoms with Crippen molar-refractivity contribution in [3.05, 3.63) is 29.6 Å². The van der Waals surface area contributed by atoms with E-state index in [9.17, 15) is 4.79 Å². The molecule has 2 nitrogen and oxygen atoms in total. The number of carbonyl (C=O) groups is 1. The van der Waals surface area contributed by atoms with Crippen LogP contribution in [0.2, 0.25) is 0 Å². The number of aryl methyl sites for hydroxylation is 1. The molecule has 2 heteroatoms. The Hall–Kier alpha value is -1.18. The van der Waals surface area contributed by atoms with Gasteiger partial charge < -0.3 is 0 Å². The fourth-order valence-corrected chi connectivity index (χ4v) is 3.92. The van der Waals surface area contributed by atoms with Gasteiger partial charge in [-0.15, -0.1) is 0 Å². The van der Waals surface area contributed by atoms with E-state index in [1.165, 1.54) is 37.7 Å². The van der Waals surface area contributed by atoms with E-state index in [1.54, 1.807) is 0 Å². The highest BCUT2D eigenvalue weighted by Gasteiger charge is 2.27. The van der Waals surface area contributed by atoms with E-state index in [0.717, 1.165) is 43.7 Å². The zero-order valence-corrected chi connectivity index (χ0v) is 12.3. The fourth-order valence-electron chi connectivity index (χ4n) is 3.92. The molecule has 0 spiro atoms. The normalized spacial score (nSPS) is 23.3. The summed E-state index contributed by atoms with van der Waals surface area (Å²) in [6.45, 7) is 0. The van der Waals surface area contributed by atoms with Crippen LogP contribution in [0.15, 0.2) is 18.3 Å². The molecular formula is C18H25NO. The average molecular weight is 271 g/mol. The zero-order chi connectivity index (χ0) is 13.8. The van der Waals surface area contributed by atoms with E-state index in [1.807, 2.05) is 12.3 Å². The molecule has 108 valence electrons. The number of pyridine rings is 1. The fraction of sp³-hybridized carbons (Fsp3) is 0.667. The number of fused-ring (bicyclic) bond motifs is 1. The first-order valence-corrected chi connectivity index (χ1v) is 8.31. The largest absolute Gasteiger partial charge is 0.299 e. The number of Topliss-reactive ketones (excluding diaryl/α,β-unsaturated/α-hetero) is 1. The topological polar surface area (TPSA) is 30.0 Å². The van der Waals surface area contributed by atoms with Gasteiger partial charge in [0.25, 0.3) is 0 Å². The maximum atomic E-state index is 12.6. The summed E-state index contributed by atoms with van der Waals surface area (Å²) < 4.78 is 0. The van der Waals surface area contributed by atoms with Gasteiger partial charge in [-0.1, -0.05) is 38.2 Å². The van der Waals surface area contributed by atoms with E-state index in [0.29, 0.717) is 5.78 Å². The van der Waals surface area contributed by atoms with Gasteiger partial charge in [0, 0.05) is 12.6 Å². The number of ketones is 1. The van der Waals surface area contributed by atoms with Crippen LogP contribution in [0.5, 0.6) is 0 Å². The van der Waals surface area contributed by atoms with E-state index in [4.69, 9.17) is 0 Å². The van der Waals surface area contributed by atoms with E-state index in [-0.39, 0.29) is 5.92 Å². The summed E-state index contributed by atoms with van der Waals surface area (Å²) in [6, 6.07) is 4.14. The molecule has 20 heavy (non-hydrogen) atoms. The molecule has 1 aromatic rings. The Kier molecular flexibility index (Phi) is 4.49. The molecule has 0 amide bonds. The number of carbonyl (C=O) groups excluding carboxylic acids is 1. The van der Waals surface area contributed by atoms with Crippen molar-refractivity contribution in [1.82, 2.24) is 4.98 Å². The van der Waals surface area contributed by atoms with Gasteiger partial charge in [-0.25, -0.2) is 0 Å². The average Bonchev–Trinajstić information content (AvgIpc) is 2.53. The van der Waals surface area contributed by atoms with Crippen molar-refractivity contribution in [3.63, 3.8) is 0 Å². The van der Waals surface area contributed by atoms with Gasteiger partial charge in [0.2, 0.25) is 0 Å². The lowest BCUT2D eigenvalue weighted by Gasteiger charge is -2.25. The van der Waals surface area contributed by atoms with Gasteiger partial charge in [0.15, 0.2) is 0 Å². The van der Waals surface area contributed by atoms with Crippen LogP contribution in [0, 0.1) is 5.92 Å². The molecule has 0 saturated heterocycles.